The first-order valence-corrected chi connectivity index (χ1v) is 11.7. The lowest BCUT2D eigenvalue weighted by Gasteiger charge is -2.48. The van der Waals surface area contributed by atoms with Crippen molar-refractivity contribution in [2.45, 2.75) is 45.8 Å². The third-order valence-corrected chi connectivity index (χ3v) is 7.03. The van der Waals surface area contributed by atoms with E-state index in [1.807, 2.05) is 5.01 Å². The van der Waals surface area contributed by atoms with Gasteiger partial charge in [0.1, 0.15) is 17.5 Å². The van der Waals surface area contributed by atoms with Crippen LogP contribution < -0.4 is 15.8 Å². The average molecular weight is 491 g/mol. The number of amides is 2. The number of carbonyl (C=O) groups is 2. The van der Waals surface area contributed by atoms with Crippen molar-refractivity contribution >= 4 is 23.4 Å². The maximum Gasteiger partial charge on any atom is 0.277 e. The number of aromatic nitrogens is 1. The molecule has 0 spiro atoms. The third-order valence-electron chi connectivity index (χ3n) is 6.74. The van der Waals surface area contributed by atoms with Gasteiger partial charge < -0.3 is 15.3 Å². The third kappa shape index (κ3) is 4.24. The zero-order valence-electron chi connectivity index (χ0n) is 19.3. The minimum Gasteiger partial charge on any atom is -0.502 e. The van der Waals surface area contributed by atoms with E-state index in [0.717, 1.165) is 19.3 Å². The Hall–Kier alpha value is -3.07. The van der Waals surface area contributed by atoms with Crippen molar-refractivity contribution in [2.24, 2.45) is 11.8 Å². The number of hydrogen-bond donors (Lipinski definition) is 2. The van der Waals surface area contributed by atoms with Gasteiger partial charge in [-0.3, -0.25) is 24.1 Å². The lowest BCUT2D eigenvalue weighted by molar-refractivity contribution is 0.0572. The van der Waals surface area contributed by atoms with Crippen LogP contribution in [0.2, 0.25) is 5.02 Å². The van der Waals surface area contributed by atoms with Gasteiger partial charge in [-0.25, -0.2) is 4.39 Å². The fourth-order valence-corrected chi connectivity index (χ4v) is 4.90. The van der Waals surface area contributed by atoms with E-state index >= 15 is 0 Å². The van der Waals surface area contributed by atoms with Crippen molar-refractivity contribution in [3.05, 3.63) is 62.3 Å². The van der Waals surface area contributed by atoms with E-state index in [1.165, 1.54) is 23.0 Å². The number of fused-ring (bicyclic) bond motifs is 3. The molecule has 1 saturated heterocycles. The molecular weight excluding hydrogens is 463 g/mol. The summed E-state index contributed by atoms with van der Waals surface area (Å²) < 4.78 is 15.6. The summed E-state index contributed by atoms with van der Waals surface area (Å²) in [7, 11) is 1.66. The predicted octanol–water partition coefficient (Wildman–Crippen LogP) is 3.08. The van der Waals surface area contributed by atoms with Crippen molar-refractivity contribution < 1.29 is 19.1 Å². The van der Waals surface area contributed by atoms with Gasteiger partial charge in [-0.1, -0.05) is 44.0 Å². The number of nitrogens with one attached hydrogen (secondary N) is 1. The highest BCUT2D eigenvalue weighted by molar-refractivity contribution is 6.30. The predicted molar refractivity (Wildman–Crippen MR) is 126 cm³/mol. The smallest absolute Gasteiger partial charge is 0.277 e. The molecule has 1 fully saturated rings. The summed E-state index contributed by atoms with van der Waals surface area (Å²) in [4.78, 5) is 40.4. The number of benzene rings is 1. The molecule has 2 aliphatic heterocycles. The quantitative estimate of drug-likeness (QED) is 0.689. The molecule has 0 bridgehead atoms. The first-order valence-electron chi connectivity index (χ1n) is 11.3. The number of hydrogen-bond acceptors (Lipinski definition) is 5. The number of carbonyl (C=O) groups excluding carboxylic acids is 2. The Labute approximate surface area is 201 Å². The van der Waals surface area contributed by atoms with Crippen LogP contribution in [0.3, 0.4) is 0 Å². The number of halogens is 2. The zero-order chi connectivity index (χ0) is 24.7. The van der Waals surface area contributed by atoms with Crippen LogP contribution in [-0.2, 0) is 6.54 Å². The Morgan fingerprint density at radius 1 is 1.24 bits per heavy atom. The van der Waals surface area contributed by atoms with E-state index in [4.69, 9.17) is 11.6 Å². The lowest BCUT2D eigenvalue weighted by atomic mass is 9.91. The molecule has 0 aliphatic carbocycles. The van der Waals surface area contributed by atoms with Crippen LogP contribution in [0.4, 0.5) is 4.39 Å². The summed E-state index contributed by atoms with van der Waals surface area (Å²) in [6.07, 6.45) is 3.79. The van der Waals surface area contributed by atoms with Gasteiger partial charge in [0.25, 0.3) is 11.8 Å². The topological polar surface area (TPSA) is 94.9 Å². The second-order valence-electron chi connectivity index (χ2n) is 9.35. The van der Waals surface area contributed by atoms with E-state index in [9.17, 15) is 23.9 Å². The number of nitrogens with zero attached hydrogens (tertiary/aromatic N) is 3. The molecule has 3 atom stereocenters. The monoisotopic (exact) mass is 490 g/mol. The van der Waals surface area contributed by atoms with Crippen LogP contribution in [0, 0.1) is 17.7 Å². The first-order chi connectivity index (χ1) is 16.1. The van der Waals surface area contributed by atoms with Gasteiger partial charge in [-0.05, 0) is 30.7 Å². The maximum atomic E-state index is 14.2. The fourth-order valence-electron chi connectivity index (χ4n) is 4.70. The summed E-state index contributed by atoms with van der Waals surface area (Å²) in [5, 5.41) is 15.1. The Kier molecular flexibility index (Phi) is 6.58. The highest BCUT2D eigenvalue weighted by Crippen LogP contribution is 2.31. The second kappa shape index (κ2) is 9.29. The standard InChI is InChI=1S/C24H28ClFN4O4/c1-13-7-8-14(2)11-29-18(9-13)28(3)24(34)20-22(32)21(31)16(12-30(20)29)23(33)27-10-15-5-4-6-17(25)19(15)26/h4-6,12-14,18,32H,7-11H2,1-3H3,(H,27,33)/t13-,14+,18+/m1/s1. The highest BCUT2D eigenvalue weighted by atomic mass is 35.5. The average Bonchev–Trinajstić information content (AvgIpc) is 2.79. The van der Waals surface area contributed by atoms with Crippen LogP contribution in [0.25, 0.3) is 0 Å². The molecule has 2 N–H and O–H groups in total. The summed E-state index contributed by atoms with van der Waals surface area (Å²) in [5.41, 5.74) is -1.29. The number of rotatable bonds is 3. The van der Waals surface area contributed by atoms with Gasteiger partial charge in [0.2, 0.25) is 5.43 Å². The Morgan fingerprint density at radius 3 is 2.68 bits per heavy atom. The maximum absolute atomic E-state index is 14.2. The van der Waals surface area contributed by atoms with Gasteiger partial charge in [0.15, 0.2) is 11.4 Å². The summed E-state index contributed by atoms with van der Waals surface area (Å²) in [6, 6.07) is 4.42. The van der Waals surface area contributed by atoms with Gasteiger partial charge >= 0.3 is 0 Å². The van der Waals surface area contributed by atoms with E-state index in [2.05, 4.69) is 19.2 Å². The molecule has 2 aliphatic rings. The molecule has 10 heteroatoms. The van der Waals surface area contributed by atoms with Crippen molar-refractivity contribution in [3.63, 3.8) is 0 Å². The molecule has 2 aromatic rings. The molecule has 1 aromatic heterocycles. The molecule has 0 radical (unpaired) electrons. The van der Waals surface area contributed by atoms with Crippen molar-refractivity contribution in [1.29, 1.82) is 0 Å². The minimum atomic E-state index is -0.955. The Balaban J connectivity index is 1.72. The normalized spacial score (nSPS) is 22.5. The van der Waals surface area contributed by atoms with Gasteiger partial charge in [0, 0.05) is 31.9 Å². The first kappa shape index (κ1) is 24.1. The van der Waals surface area contributed by atoms with Gasteiger partial charge in [-0.2, -0.15) is 0 Å². The molecule has 4 rings (SSSR count). The lowest BCUT2D eigenvalue weighted by Crippen LogP contribution is -2.62. The van der Waals surface area contributed by atoms with Crippen LogP contribution in [0.15, 0.2) is 29.2 Å². The van der Waals surface area contributed by atoms with E-state index in [0.29, 0.717) is 18.4 Å². The van der Waals surface area contributed by atoms with Crippen LogP contribution in [0.1, 0.15) is 59.5 Å². The van der Waals surface area contributed by atoms with E-state index < -0.39 is 28.8 Å². The Bertz CT molecular complexity index is 1200. The van der Waals surface area contributed by atoms with E-state index in [-0.39, 0.29) is 34.6 Å². The molecular formula is C24H28ClFN4O4. The molecule has 1 aromatic carbocycles. The summed E-state index contributed by atoms with van der Waals surface area (Å²) >= 11 is 5.79. The number of aromatic hydroxyl groups is 1. The molecule has 34 heavy (non-hydrogen) atoms. The Morgan fingerprint density at radius 2 is 1.94 bits per heavy atom. The van der Waals surface area contributed by atoms with Crippen LogP contribution in [-0.4, -0.2) is 46.3 Å². The summed E-state index contributed by atoms with van der Waals surface area (Å²) in [6.45, 7) is 4.64. The highest BCUT2D eigenvalue weighted by Gasteiger charge is 2.40. The fraction of sp³-hybridized carbons (Fsp3) is 0.458. The van der Waals surface area contributed by atoms with E-state index in [1.54, 1.807) is 18.0 Å². The second-order valence-corrected chi connectivity index (χ2v) is 9.76. The van der Waals surface area contributed by atoms with Crippen molar-refractivity contribution in [3.8, 4) is 5.75 Å². The van der Waals surface area contributed by atoms with Gasteiger partial charge in [-0.15, -0.1) is 0 Å². The van der Waals surface area contributed by atoms with Gasteiger partial charge in [0.05, 0.1) is 5.02 Å². The van der Waals surface area contributed by atoms with Crippen LogP contribution >= 0.6 is 11.6 Å². The number of pyridine rings is 1. The molecule has 3 heterocycles. The molecule has 182 valence electrons. The molecule has 0 saturated carbocycles. The van der Waals surface area contributed by atoms with Crippen molar-refractivity contribution in [1.82, 2.24) is 14.9 Å². The molecule has 8 nitrogen and oxygen atoms in total. The SMILES string of the molecule is C[C@@H]1CC[C@H](C)CN2[C@@H](C1)N(C)C(=O)c1c(O)c(=O)c(C(=O)NCc3cccc(Cl)c3F)cn12. The summed E-state index contributed by atoms with van der Waals surface area (Å²) in [5.74, 6) is -2.04. The van der Waals surface area contributed by atoms with Crippen molar-refractivity contribution in [2.75, 3.05) is 18.6 Å². The minimum absolute atomic E-state index is 0.0765. The van der Waals surface area contributed by atoms with Crippen LogP contribution in [0.5, 0.6) is 5.75 Å². The zero-order valence-corrected chi connectivity index (χ0v) is 20.1. The largest absolute Gasteiger partial charge is 0.502 e. The molecule has 2 amide bonds. The molecule has 0 unspecified atom stereocenters.